The molecule has 2 aromatic heterocycles. The minimum absolute atomic E-state index is 0.128. The van der Waals surface area contributed by atoms with E-state index in [0.717, 1.165) is 17.3 Å². The third kappa shape index (κ3) is 3.95. The first-order valence-corrected chi connectivity index (χ1v) is 6.94. The fourth-order valence-electron chi connectivity index (χ4n) is 1.62. The van der Waals surface area contributed by atoms with Crippen LogP contribution in [-0.2, 0) is 17.9 Å². The summed E-state index contributed by atoms with van der Waals surface area (Å²) in [5.41, 5.74) is 0.701. The molecule has 0 aromatic carbocycles. The van der Waals surface area contributed by atoms with Crippen molar-refractivity contribution in [2.24, 2.45) is 0 Å². The zero-order chi connectivity index (χ0) is 14.5. The molecule has 2 heterocycles. The van der Waals surface area contributed by atoms with E-state index in [1.807, 2.05) is 13.1 Å². The van der Waals surface area contributed by atoms with Gasteiger partial charge in [-0.05, 0) is 12.5 Å². The van der Waals surface area contributed by atoms with Crippen molar-refractivity contribution in [1.82, 2.24) is 19.3 Å². The van der Waals surface area contributed by atoms with Gasteiger partial charge in [-0.2, -0.15) is 10.1 Å². The molecule has 0 spiro atoms. The molecule has 7 nitrogen and oxygen atoms in total. The van der Waals surface area contributed by atoms with Gasteiger partial charge in [-0.1, -0.05) is 11.8 Å². The minimum atomic E-state index is -0.942. The van der Waals surface area contributed by atoms with Gasteiger partial charge in [0, 0.05) is 25.0 Å². The van der Waals surface area contributed by atoms with Gasteiger partial charge in [0.15, 0.2) is 5.16 Å². The largest absolute Gasteiger partial charge is 0.481 e. The third-order valence-electron chi connectivity index (χ3n) is 2.51. The van der Waals surface area contributed by atoms with E-state index in [1.165, 1.54) is 6.07 Å². The van der Waals surface area contributed by atoms with Gasteiger partial charge in [-0.3, -0.25) is 14.3 Å². The molecule has 0 radical (unpaired) electrons. The van der Waals surface area contributed by atoms with Gasteiger partial charge in [-0.15, -0.1) is 0 Å². The van der Waals surface area contributed by atoms with Gasteiger partial charge in [0.25, 0.3) is 5.56 Å². The van der Waals surface area contributed by atoms with E-state index < -0.39 is 5.97 Å². The van der Waals surface area contributed by atoms with Crippen LogP contribution in [0, 0.1) is 6.92 Å². The molecule has 20 heavy (non-hydrogen) atoms. The van der Waals surface area contributed by atoms with Crippen LogP contribution in [0.4, 0.5) is 0 Å². The number of carboxylic acids is 1. The molecule has 0 unspecified atom stereocenters. The second-order valence-electron chi connectivity index (χ2n) is 4.20. The average molecular weight is 294 g/mol. The van der Waals surface area contributed by atoms with Crippen LogP contribution in [-0.4, -0.2) is 36.2 Å². The molecule has 1 N–H and O–H groups in total. The van der Waals surface area contributed by atoms with Crippen LogP contribution in [0.3, 0.4) is 0 Å². The van der Waals surface area contributed by atoms with E-state index in [9.17, 15) is 9.59 Å². The predicted octanol–water partition coefficient (Wildman–Crippen LogP) is 0.625. The first kappa shape index (κ1) is 14.3. The molecule has 0 aliphatic rings. The number of aromatic nitrogens is 4. The van der Waals surface area contributed by atoms with Crippen molar-refractivity contribution in [2.45, 2.75) is 25.2 Å². The second-order valence-corrected chi connectivity index (χ2v) is 5.15. The second kappa shape index (κ2) is 6.38. The number of hydrogen-bond acceptors (Lipinski definition) is 5. The Morgan fingerprint density at radius 2 is 2.25 bits per heavy atom. The molecule has 8 heteroatoms. The summed E-state index contributed by atoms with van der Waals surface area (Å²) < 4.78 is 3.55. The van der Waals surface area contributed by atoms with E-state index in [4.69, 9.17) is 5.11 Å². The highest BCUT2D eigenvalue weighted by Crippen LogP contribution is 2.13. The Hall–Kier alpha value is -2.09. The molecule has 0 saturated carbocycles. The Morgan fingerprint density at radius 3 is 2.90 bits per heavy atom. The smallest absolute Gasteiger partial charge is 0.313 e. The summed E-state index contributed by atoms with van der Waals surface area (Å²) in [6, 6.07) is 1.36. The van der Waals surface area contributed by atoms with Gasteiger partial charge < -0.3 is 9.67 Å². The topological polar surface area (TPSA) is 90.0 Å². The lowest BCUT2D eigenvalue weighted by Gasteiger charge is -2.10. The predicted molar refractivity (Wildman–Crippen MR) is 73.8 cm³/mol. The van der Waals surface area contributed by atoms with Crippen molar-refractivity contribution >= 4 is 17.7 Å². The number of aryl methyl sites for hydroxylation is 3. The van der Waals surface area contributed by atoms with Gasteiger partial charge in [0.05, 0.1) is 18.5 Å². The van der Waals surface area contributed by atoms with Gasteiger partial charge in [0.1, 0.15) is 0 Å². The normalized spacial score (nSPS) is 10.7. The van der Waals surface area contributed by atoms with Crippen LogP contribution in [0.5, 0.6) is 0 Å². The van der Waals surface area contributed by atoms with Crippen molar-refractivity contribution in [1.29, 1.82) is 0 Å². The summed E-state index contributed by atoms with van der Waals surface area (Å²) >= 11 is 1.03. The fraction of sp³-hybridized carbons (Fsp3) is 0.333. The highest BCUT2D eigenvalue weighted by Gasteiger charge is 2.07. The molecule has 0 atom stereocenters. The molecular formula is C12H14N4O3S. The first-order chi connectivity index (χ1) is 9.54. The molecular weight excluding hydrogens is 280 g/mol. The Morgan fingerprint density at radius 1 is 1.45 bits per heavy atom. The first-order valence-electron chi connectivity index (χ1n) is 5.96. The summed E-state index contributed by atoms with van der Waals surface area (Å²) in [6.07, 6.45) is 5.31. The van der Waals surface area contributed by atoms with E-state index >= 15 is 0 Å². The zero-order valence-corrected chi connectivity index (χ0v) is 11.7. The summed E-state index contributed by atoms with van der Waals surface area (Å²) in [5.74, 6) is -1.07. The van der Waals surface area contributed by atoms with Crippen LogP contribution >= 0.6 is 11.8 Å². The van der Waals surface area contributed by atoms with Crippen molar-refractivity contribution in [3.8, 4) is 0 Å². The van der Waals surface area contributed by atoms with Crippen LogP contribution in [0.15, 0.2) is 34.6 Å². The Labute approximate surface area is 119 Å². The molecule has 2 aromatic rings. The third-order valence-corrected chi connectivity index (χ3v) is 3.48. The molecule has 0 aliphatic carbocycles. The highest BCUT2D eigenvalue weighted by atomic mass is 32.2. The Kier molecular flexibility index (Phi) is 4.57. The standard InChI is InChI=1S/C12H14N4O3S/c1-9-6-13-16(7-9)5-4-15-3-2-10(17)14-12(15)20-8-11(18)19/h2-3,6-7H,4-5,8H2,1H3,(H,18,19). The molecule has 0 bridgehead atoms. The summed E-state index contributed by atoms with van der Waals surface area (Å²) in [4.78, 5) is 25.7. The number of carboxylic acid groups (broad SMARTS) is 1. The van der Waals surface area contributed by atoms with Crippen LogP contribution in [0.1, 0.15) is 5.56 Å². The van der Waals surface area contributed by atoms with Gasteiger partial charge in [-0.25, -0.2) is 0 Å². The van der Waals surface area contributed by atoms with E-state index in [2.05, 4.69) is 10.1 Å². The molecule has 0 amide bonds. The molecule has 0 saturated heterocycles. The number of nitrogens with zero attached hydrogens (tertiary/aromatic N) is 4. The lowest BCUT2D eigenvalue weighted by Crippen LogP contribution is -2.16. The lowest BCUT2D eigenvalue weighted by atomic mass is 10.4. The molecule has 106 valence electrons. The number of hydrogen-bond donors (Lipinski definition) is 1. The van der Waals surface area contributed by atoms with Gasteiger partial charge in [0.2, 0.25) is 0 Å². The SMILES string of the molecule is Cc1cnn(CCn2ccc(=O)nc2SCC(=O)O)c1. The average Bonchev–Trinajstić information content (AvgIpc) is 2.81. The minimum Gasteiger partial charge on any atom is -0.481 e. The van der Waals surface area contributed by atoms with Crippen molar-refractivity contribution < 1.29 is 9.90 Å². The van der Waals surface area contributed by atoms with Crippen molar-refractivity contribution in [3.63, 3.8) is 0 Å². The van der Waals surface area contributed by atoms with Crippen molar-refractivity contribution in [3.05, 3.63) is 40.6 Å². The van der Waals surface area contributed by atoms with Crippen molar-refractivity contribution in [2.75, 3.05) is 5.75 Å². The number of aliphatic carboxylic acids is 1. The monoisotopic (exact) mass is 294 g/mol. The molecule has 0 aliphatic heterocycles. The summed E-state index contributed by atoms with van der Waals surface area (Å²) in [7, 11) is 0. The van der Waals surface area contributed by atoms with Crippen LogP contribution in [0.25, 0.3) is 0 Å². The van der Waals surface area contributed by atoms with Crippen LogP contribution in [0.2, 0.25) is 0 Å². The van der Waals surface area contributed by atoms with E-state index in [0.29, 0.717) is 18.2 Å². The number of rotatable bonds is 6. The quantitative estimate of drug-likeness (QED) is 0.620. The maximum absolute atomic E-state index is 11.3. The highest BCUT2D eigenvalue weighted by molar-refractivity contribution is 7.99. The maximum atomic E-state index is 11.3. The van der Waals surface area contributed by atoms with E-state index in [-0.39, 0.29) is 11.3 Å². The van der Waals surface area contributed by atoms with Crippen LogP contribution < -0.4 is 5.56 Å². The number of thioether (sulfide) groups is 1. The fourth-order valence-corrected chi connectivity index (χ4v) is 2.35. The summed E-state index contributed by atoms with van der Waals surface area (Å²) in [5, 5.41) is 13.3. The Bertz CT molecular complexity index is 665. The molecule has 2 rings (SSSR count). The summed E-state index contributed by atoms with van der Waals surface area (Å²) in [6.45, 7) is 3.15. The maximum Gasteiger partial charge on any atom is 0.313 e. The van der Waals surface area contributed by atoms with Gasteiger partial charge >= 0.3 is 5.97 Å². The van der Waals surface area contributed by atoms with E-state index in [1.54, 1.807) is 21.6 Å². The lowest BCUT2D eigenvalue weighted by molar-refractivity contribution is -0.133. The Balaban J connectivity index is 2.09. The zero-order valence-electron chi connectivity index (χ0n) is 10.9. The molecule has 0 fully saturated rings. The number of carbonyl (C=O) groups is 1.